The Bertz CT molecular complexity index is 865. The summed E-state index contributed by atoms with van der Waals surface area (Å²) >= 11 is 0. The van der Waals surface area contributed by atoms with Crippen LogP contribution in [0.5, 0.6) is 0 Å². The Labute approximate surface area is 193 Å². The van der Waals surface area contributed by atoms with Gasteiger partial charge in [-0.2, -0.15) is 0 Å². The van der Waals surface area contributed by atoms with E-state index in [9.17, 15) is 0 Å². The van der Waals surface area contributed by atoms with Gasteiger partial charge in [0.25, 0.3) is 0 Å². The van der Waals surface area contributed by atoms with E-state index in [0.717, 1.165) is 25.3 Å². The number of rotatable bonds is 8. The molecule has 1 saturated carbocycles. The fourth-order valence-corrected chi connectivity index (χ4v) is 7.54. The van der Waals surface area contributed by atoms with E-state index in [1.807, 2.05) is 7.11 Å². The molecule has 2 bridgehead atoms. The summed E-state index contributed by atoms with van der Waals surface area (Å²) in [6.07, 6.45) is 12.3. The second-order valence-electron chi connectivity index (χ2n) is 9.90. The van der Waals surface area contributed by atoms with Crippen molar-refractivity contribution < 1.29 is 14.2 Å². The zero-order chi connectivity index (χ0) is 22.2. The van der Waals surface area contributed by atoms with Crippen molar-refractivity contribution in [3.05, 3.63) is 59.6 Å². The summed E-state index contributed by atoms with van der Waals surface area (Å²) in [7, 11) is 1.85. The lowest BCUT2D eigenvalue weighted by atomic mass is 9.54. The molecule has 4 nitrogen and oxygen atoms in total. The molecule has 0 unspecified atom stereocenters. The number of methoxy groups -OCH3 is 1. The molecule has 5 rings (SSSR count). The molecule has 1 aromatic carbocycles. The highest BCUT2D eigenvalue weighted by atomic mass is 16.5. The Kier molecular flexibility index (Phi) is 6.11. The highest BCUT2D eigenvalue weighted by Gasteiger charge is 2.69. The molecule has 1 aliphatic heterocycles. The van der Waals surface area contributed by atoms with Gasteiger partial charge in [-0.15, -0.1) is 0 Å². The van der Waals surface area contributed by atoms with Gasteiger partial charge in [-0.25, -0.2) is 0 Å². The maximum absolute atomic E-state index is 6.50. The molecule has 3 aliphatic carbocycles. The molecule has 5 atom stereocenters. The Morgan fingerprint density at radius 3 is 2.50 bits per heavy atom. The monoisotopic (exact) mass is 437 g/mol. The minimum atomic E-state index is -0.115. The molecule has 0 spiro atoms. The standard InChI is InChI=1S/C28H39NO3/c1-4-31-25-18-23(21-12-7-6-8-13-21)28(29-17-11-14-22(29)20-30-3)19-26(32-5-2)27(25)16-10-9-15-24(27)28/h6-8,12-13,18-19,22-24H,4-5,9-11,14-17,20H2,1-3H3/t22-,23-,24-,27+,28-/m0/s1. The number of hydrogen-bond acceptors (Lipinski definition) is 4. The van der Waals surface area contributed by atoms with E-state index in [4.69, 9.17) is 14.2 Å². The first-order valence-electron chi connectivity index (χ1n) is 12.7. The Hall–Kier alpha value is -1.78. The van der Waals surface area contributed by atoms with E-state index >= 15 is 0 Å². The molecule has 2 fully saturated rings. The molecule has 1 heterocycles. The van der Waals surface area contributed by atoms with Gasteiger partial charge in [-0.1, -0.05) is 43.2 Å². The maximum Gasteiger partial charge on any atom is 0.108 e. The Morgan fingerprint density at radius 2 is 1.75 bits per heavy atom. The third-order valence-corrected chi connectivity index (χ3v) is 8.52. The molecule has 1 aromatic rings. The molecular weight excluding hydrogens is 398 g/mol. The van der Waals surface area contributed by atoms with Crippen LogP contribution in [-0.4, -0.2) is 50.0 Å². The summed E-state index contributed by atoms with van der Waals surface area (Å²) in [5, 5.41) is 0. The summed E-state index contributed by atoms with van der Waals surface area (Å²) < 4.78 is 18.7. The van der Waals surface area contributed by atoms with Crippen LogP contribution in [0.4, 0.5) is 0 Å². The van der Waals surface area contributed by atoms with Crippen molar-refractivity contribution in [2.45, 2.75) is 69.9 Å². The Balaban J connectivity index is 1.75. The highest BCUT2D eigenvalue weighted by Crippen LogP contribution is 2.69. The van der Waals surface area contributed by atoms with Crippen LogP contribution in [0, 0.1) is 11.3 Å². The zero-order valence-corrected chi connectivity index (χ0v) is 20.0. The second-order valence-corrected chi connectivity index (χ2v) is 9.90. The molecule has 0 radical (unpaired) electrons. The fourth-order valence-electron chi connectivity index (χ4n) is 7.54. The third kappa shape index (κ3) is 3.09. The van der Waals surface area contributed by atoms with Crippen LogP contribution in [0.2, 0.25) is 0 Å². The second kappa shape index (κ2) is 8.87. The van der Waals surface area contributed by atoms with E-state index in [1.165, 1.54) is 43.4 Å². The van der Waals surface area contributed by atoms with E-state index in [0.29, 0.717) is 25.2 Å². The number of hydrogen-bond donors (Lipinski definition) is 0. The van der Waals surface area contributed by atoms with Crippen molar-refractivity contribution in [3.8, 4) is 0 Å². The van der Waals surface area contributed by atoms with Crippen molar-refractivity contribution in [1.29, 1.82) is 0 Å². The van der Waals surface area contributed by atoms with Gasteiger partial charge in [0.15, 0.2) is 0 Å². The molecule has 4 heteroatoms. The van der Waals surface area contributed by atoms with Crippen LogP contribution in [-0.2, 0) is 14.2 Å². The van der Waals surface area contributed by atoms with Crippen molar-refractivity contribution in [3.63, 3.8) is 0 Å². The van der Waals surface area contributed by atoms with Crippen molar-refractivity contribution in [2.24, 2.45) is 11.3 Å². The van der Waals surface area contributed by atoms with Crippen molar-refractivity contribution in [1.82, 2.24) is 4.90 Å². The molecule has 4 aliphatic rings. The smallest absolute Gasteiger partial charge is 0.108 e. The number of benzene rings is 1. The van der Waals surface area contributed by atoms with Gasteiger partial charge in [-0.05, 0) is 63.8 Å². The van der Waals surface area contributed by atoms with Gasteiger partial charge < -0.3 is 14.2 Å². The van der Waals surface area contributed by atoms with Gasteiger partial charge in [0, 0.05) is 25.0 Å². The maximum atomic E-state index is 6.50. The molecule has 32 heavy (non-hydrogen) atoms. The van der Waals surface area contributed by atoms with E-state index in [2.05, 4.69) is 61.2 Å². The Morgan fingerprint density at radius 1 is 0.969 bits per heavy atom. The zero-order valence-electron chi connectivity index (χ0n) is 20.0. The lowest BCUT2D eigenvalue weighted by molar-refractivity contribution is -0.0547. The SMILES string of the molecule is CCOC1=C[C@@H](c2ccccc2)[C@@]2(N3CCC[C@H]3COC)C=C(OCC)[C@@]13CCCC[C@@H]32. The van der Waals surface area contributed by atoms with Crippen LogP contribution in [0.1, 0.15) is 63.9 Å². The van der Waals surface area contributed by atoms with Crippen molar-refractivity contribution in [2.75, 3.05) is 33.5 Å². The number of likely N-dealkylation sites (tertiary alicyclic amines) is 1. The van der Waals surface area contributed by atoms with E-state index in [1.54, 1.807) is 0 Å². The summed E-state index contributed by atoms with van der Waals surface area (Å²) in [6.45, 7) is 7.55. The number of nitrogens with zero attached hydrogens (tertiary/aromatic N) is 1. The molecule has 0 N–H and O–H groups in total. The quantitative estimate of drug-likeness (QED) is 0.525. The predicted molar refractivity (Wildman–Crippen MR) is 127 cm³/mol. The first-order chi connectivity index (χ1) is 15.7. The topological polar surface area (TPSA) is 30.9 Å². The van der Waals surface area contributed by atoms with Crippen LogP contribution in [0.3, 0.4) is 0 Å². The van der Waals surface area contributed by atoms with Crippen molar-refractivity contribution >= 4 is 0 Å². The minimum absolute atomic E-state index is 0.0907. The molecule has 0 amide bonds. The largest absolute Gasteiger partial charge is 0.497 e. The average molecular weight is 438 g/mol. The lowest BCUT2D eigenvalue weighted by Gasteiger charge is -2.57. The van der Waals surface area contributed by atoms with E-state index < -0.39 is 0 Å². The van der Waals surface area contributed by atoms with Gasteiger partial charge in [0.1, 0.15) is 11.5 Å². The fraction of sp³-hybridized carbons (Fsp3) is 0.643. The summed E-state index contributed by atoms with van der Waals surface area (Å²) in [6, 6.07) is 11.5. The van der Waals surface area contributed by atoms with E-state index in [-0.39, 0.29) is 16.9 Å². The lowest BCUT2D eigenvalue weighted by Crippen LogP contribution is -2.62. The van der Waals surface area contributed by atoms with Gasteiger partial charge in [0.2, 0.25) is 0 Å². The van der Waals surface area contributed by atoms with Crippen LogP contribution in [0.15, 0.2) is 54.0 Å². The van der Waals surface area contributed by atoms with Crippen LogP contribution in [0.25, 0.3) is 0 Å². The normalized spacial score (nSPS) is 36.4. The third-order valence-electron chi connectivity index (χ3n) is 8.52. The summed E-state index contributed by atoms with van der Waals surface area (Å²) in [5.41, 5.74) is 1.17. The average Bonchev–Trinajstić information content (AvgIpc) is 3.37. The van der Waals surface area contributed by atoms with Gasteiger partial charge in [0.05, 0.1) is 30.8 Å². The highest BCUT2D eigenvalue weighted by molar-refractivity contribution is 5.50. The van der Waals surface area contributed by atoms with Gasteiger partial charge in [-0.3, -0.25) is 4.90 Å². The molecule has 174 valence electrons. The molecule has 0 aromatic heterocycles. The summed E-state index contributed by atoms with van der Waals surface area (Å²) in [5.74, 6) is 3.05. The predicted octanol–water partition coefficient (Wildman–Crippen LogP) is 5.66. The number of ether oxygens (including phenoxy) is 3. The van der Waals surface area contributed by atoms with Crippen LogP contribution >= 0.6 is 0 Å². The molecule has 1 saturated heterocycles. The van der Waals surface area contributed by atoms with Crippen LogP contribution < -0.4 is 0 Å². The first-order valence-corrected chi connectivity index (χ1v) is 12.7. The first kappa shape index (κ1) is 22.0. The minimum Gasteiger partial charge on any atom is -0.497 e. The molecular formula is C28H39NO3. The van der Waals surface area contributed by atoms with Gasteiger partial charge >= 0.3 is 0 Å². The summed E-state index contributed by atoms with van der Waals surface area (Å²) in [4.78, 5) is 2.81.